The van der Waals surface area contributed by atoms with Crippen LogP contribution in [0.4, 0.5) is 4.39 Å². The summed E-state index contributed by atoms with van der Waals surface area (Å²) in [5.41, 5.74) is 1.90. The molecule has 2 N–H and O–H groups in total. The van der Waals surface area contributed by atoms with E-state index in [9.17, 15) is 9.50 Å². The number of benzene rings is 1. The number of aliphatic hydroxyl groups is 1. The fraction of sp³-hybridized carbons (Fsp3) is 0.500. The normalized spacial score (nSPS) is 12.8. The number of aliphatic hydroxyl groups excluding tert-OH is 1. The molecule has 1 rings (SSSR count). The predicted octanol–water partition coefficient (Wildman–Crippen LogP) is 1.65. The summed E-state index contributed by atoms with van der Waals surface area (Å²) < 4.78 is 12.8. The number of halogens is 1. The van der Waals surface area contributed by atoms with E-state index in [1.807, 2.05) is 13.8 Å². The highest BCUT2D eigenvalue weighted by Crippen LogP contribution is 2.12. The van der Waals surface area contributed by atoms with Gasteiger partial charge >= 0.3 is 0 Å². The summed E-state index contributed by atoms with van der Waals surface area (Å²) >= 11 is 0. The van der Waals surface area contributed by atoms with Gasteiger partial charge in [0.1, 0.15) is 5.82 Å². The minimum atomic E-state index is -0.408. The largest absolute Gasteiger partial charge is 0.391 e. The van der Waals surface area contributed by atoms with E-state index in [2.05, 4.69) is 5.32 Å². The van der Waals surface area contributed by atoms with Crippen LogP contribution >= 0.6 is 0 Å². The number of rotatable bonds is 5. The zero-order chi connectivity index (χ0) is 11.3. The summed E-state index contributed by atoms with van der Waals surface area (Å²) in [5.74, 6) is -0.225. The van der Waals surface area contributed by atoms with Crippen molar-refractivity contribution in [2.75, 3.05) is 13.1 Å². The van der Waals surface area contributed by atoms with Crippen LogP contribution in [-0.4, -0.2) is 24.3 Å². The molecule has 0 saturated heterocycles. The zero-order valence-electron chi connectivity index (χ0n) is 9.26. The number of aryl methyl sites for hydroxylation is 1. The van der Waals surface area contributed by atoms with Crippen LogP contribution < -0.4 is 5.32 Å². The molecule has 2 nitrogen and oxygen atoms in total. The van der Waals surface area contributed by atoms with Crippen molar-refractivity contribution in [2.24, 2.45) is 0 Å². The summed E-state index contributed by atoms with van der Waals surface area (Å²) in [7, 11) is 0. The first-order valence-corrected chi connectivity index (χ1v) is 5.27. The predicted molar refractivity (Wildman–Crippen MR) is 59.4 cm³/mol. The molecule has 0 heterocycles. The van der Waals surface area contributed by atoms with Crippen molar-refractivity contribution < 1.29 is 9.50 Å². The van der Waals surface area contributed by atoms with Gasteiger partial charge in [-0.15, -0.1) is 0 Å². The molecule has 0 bridgehead atoms. The highest BCUT2D eigenvalue weighted by atomic mass is 19.1. The second kappa shape index (κ2) is 5.83. The maximum atomic E-state index is 12.8. The number of likely N-dealkylation sites (N-methyl/N-ethyl adjacent to an activating group) is 1. The number of hydrogen-bond acceptors (Lipinski definition) is 2. The van der Waals surface area contributed by atoms with Gasteiger partial charge in [-0.05, 0) is 43.1 Å². The fourth-order valence-corrected chi connectivity index (χ4v) is 1.53. The van der Waals surface area contributed by atoms with E-state index in [-0.39, 0.29) is 5.82 Å². The van der Waals surface area contributed by atoms with Gasteiger partial charge in [0.2, 0.25) is 0 Å². The van der Waals surface area contributed by atoms with Gasteiger partial charge in [-0.25, -0.2) is 4.39 Å². The average molecular weight is 211 g/mol. The minimum absolute atomic E-state index is 0.225. The second-order valence-electron chi connectivity index (χ2n) is 3.74. The Morgan fingerprint density at radius 2 is 2.20 bits per heavy atom. The van der Waals surface area contributed by atoms with E-state index in [0.29, 0.717) is 13.0 Å². The van der Waals surface area contributed by atoms with Crippen molar-refractivity contribution in [2.45, 2.75) is 26.4 Å². The van der Waals surface area contributed by atoms with E-state index in [0.717, 1.165) is 17.7 Å². The standard InChI is InChI=1S/C12H18FNO/c1-3-14-8-12(15)7-10-4-5-11(13)6-9(10)2/h4-6,12,14-15H,3,7-8H2,1-2H3. The van der Waals surface area contributed by atoms with Gasteiger partial charge in [0.25, 0.3) is 0 Å². The van der Waals surface area contributed by atoms with Crippen LogP contribution in [-0.2, 0) is 6.42 Å². The van der Waals surface area contributed by atoms with E-state index in [1.165, 1.54) is 12.1 Å². The third-order valence-electron chi connectivity index (χ3n) is 2.39. The Morgan fingerprint density at radius 3 is 2.80 bits per heavy atom. The minimum Gasteiger partial charge on any atom is -0.391 e. The first-order valence-electron chi connectivity index (χ1n) is 5.27. The van der Waals surface area contributed by atoms with E-state index < -0.39 is 6.10 Å². The number of hydrogen-bond donors (Lipinski definition) is 2. The smallest absolute Gasteiger partial charge is 0.123 e. The average Bonchev–Trinajstić information content (AvgIpc) is 2.19. The Bertz CT molecular complexity index is 314. The van der Waals surface area contributed by atoms with Crippen molar-refractivity contribution in [1.29, 1.82) is 0 Å². The van der Waals surface area contributed by atoms with Crippen molar-refractivity contribution in [3.63, 3.8) is 0 Å². The van der Waals surface area contributed by atoms with Gasteiger partial charge in [0.05, 0.1) is 6.10 Å². The lowest BCUT2D eigenvalue weighted by Gasteiger charge is -2.12. The molecule has 0 aliphatic carbocycles. The molecule has 0 aliphatic heterocycles. The lowest BCUT2D eigenvalue weighted by atomic mass is 10.0. The topological polar surface area (TPSA) is 32.3 Å². The highest BCUT2D eigenvalue weighted by Gasteiger charge is 2.07. The Balaban J connectivity index is 2.56. The van der Waals surface area contributed by atoms with Crippen LogP contribution in [0.3, 0.4) is 0 Å². The van der Waals surface area contributed by atoms with Crippen LogP contribution in [0.5, 0.6) is 0 Å². The van der Waals surface area contributed by atoms with Crippen LogP contribution in [0.1, 0.15) is 18.1 Å². The molecular formula is C12H18FNO. The molecule has 1 aromatic carbocycles. The van der Waals surface area contributed by atoms with Crippen LogP contribution in [0.25, 0.3) is 0 Å². The maximum Gasteiger partial charge on any atom is 0.123 e. The Labute approximate surface area is 90.1 Å². The SMILES string of the molecule is CCNCC(O)Cc1ccc(F)cc1C. The lowest BCUT2D eigenvalue weighted by Crippen LogP contribution is -2.28. The molecule has 3 heteroatoms. The monoisotopic (exact) mass is 211 g/mol. The zero-order valence-corrected chi connectivity index (χ0v) is 9.26. The summed E-state index contributed by atoms with van der Waals surface area (Å²) in [4.78, 5) is 0. The highest BCUT2D eigenvalue weighted by molar-refractivity contribution is 5.27. The molecule has 0 aromatic heterocycles. The van der Waals surface area contributed by atoms with Gasteiger partial charge in [0.15, 0.2) is 0 Å². The molecule has 0 amide bonds. The van der Waals surface area contributed by atoms with Crippen LogP contribution in [0.2, 0.25) is 0 Å². The molecule has 1 aromatic rings. The first kappa shape index (κ1) is 12.1. The van der Waals surface area contributed by atoms with Crippen molar-refractivity contribution >= 4 is 0 Å². The van der Waals surface area contributed by atoms with Gasteiger partial charge in [-0.3, -0.25) is 0 Å². The molecule has 1 unspecified atom stereocenters. The first-order chi connectivity index (χ1) is 7.13. The van der Waals surface area contributed by atoms with Crippen molar-refractivity contribution in [3.8, 4) is 0 Å². The second-order valence-corrected chi connectivity index (χ2v) is 3.74. The summed E-state index contributed by atoms with van der Waals surface area (Å²) in [6.45, 7) is 5.28. The van der Waals surface area contributed by atoms with E-state index >= 15 is 0 Å². The summed E-state index contributed by atoms with van der Waals surface area (Å²) in [5, 5.41) is 12.7. The van der Waals surface area contributed by atoms with Crippen molar-refractivity contribution in [3.05, 3.63) is 35.1 Å². The lowest BCUT2D eigenvalue weighted by molar-refractivity contribution is 0.172. The molecule has 0 radical (unpaired) electrons. The van der Waals surface area contributed by atoms with Gasteiger partial charge in [-0.2, -0.15) is 0 Å². The molecule has 0 fully saturated rings. The quantitative estimate of drug-likeness (QED) is 0.776. The van der Waals surface area contributed by atoms with Gasteiger partial charge < -0.3 is 10.4 Å². The molecule has 0 aliphatic rings. The van der Waals surface area contributed by atoms with E-state index in [4.69, 9.17) is 0 Å². The molecular weight excluding hydrogens is 193 g/mol. The number of nitrogens with one attached hydrogen (secondary N) is 1. The van der Waals surface area contributed by atoms with Gasteiger partial charge in [0, 0.05) is 6.54 Å². The maximum absolute atomic E-state index is 12.8. The molecule has 1 atom stereocenters. The van der Waals surface area contributed by atoms with Gasteiger partial charge in [-0.1, -0.05) is 13.0 Å². The van der Waals surface area contributed by atoms with Crippen LogP contribution in [0, 0.1) is 12.7 Å². The van der Waals surface area contributed by atoms with E-state index in [1.54, 1.807) is 6.07 Å². The Kier molecular flexibility index (Phi) is 4.72. The molecule has 0 spiro atoms. The third kappa shape index (κ3) is 3.98. The molecule has 15 heavy (non-hydrogen) atoms. The fourth-order valence-electron chi connectivity index (χ4n) is 1.53. The summed E-state index contributed by atoms with van der Waals surface area (Å²) in [6.07, 6.45) is 0.160. The summed E-state index contributed by atoms with van der Waals surface area (Å²) in [6, 6.07) is 4.66. The molecule has 84 valence electrons. The van der Waals surface area contributed by atoms with Crippen LogP contribution in [0.15, 0.2) is 18.2 Å². The Morgan fingerprint density at radius 1 is 1.47 bits per heavy atom. The molecule has 0 saturated carbocycles. The Hall–Kier alpha value is -0.930. The van der Waals surface area contributed by atoms with Crippen molar-refractivity contribution in [1.82, 2.24) is 5.32 Å². The third-order valence-corrected chi connectivity index (χ3v) is 2.39.